The van der Waals surface area contributed by atoms with Crippen molar-refractivity contribution in [3.63, 3.8) is 0 Å². The number of nitrogens with zero attached hydrogens (tertiary/aromatic N) is 2. The van der Waals surface area contributed by atoms with E-state index in [1.54, 1.807) is 6.07 Å². The molecule has 3 aliphatic rings. The summed E-state index contributed by atoms with van der Waals surface area (Å²) in [4.78, 5) is 17.0. The van der Waals surface area contributed by atoms with E-state index in [9.17, 15) is 4.79 Å². The molecule has 0 N–H and O–H groups in total. The Labute approximate surface area is 160 Å². The molecule has 1 aromatic carbocycles. The number of carbonyl (C=O) groups is 1. The van der Waals surface area contributed by atoms with Gasteiger partial charge in [-0.2, -0.15) is 0 Å². The summed E-state index contributed by atoms with van der Waals surface area (Å²) in [5, 5.41) is 0.519. The number of rotatable bonds is 4. The van der Waals surface area contributed by atoms with Gasteiger partial charge in [-0.15, -0.1) is 0 Å². The zero-order valence-corrected chi connectivity index (χ0v) is 15.9. The lowest BCUT2D eigenvalue weighted by Crippen LogP contribution is -2.50. The molecule has 6 heteroatoms. The summed E-state index contributed by atoms with van der Waals surface area (Å²) in [5.74, 6) is 0.697. The molecule has 1 saturated carbocycles. The summed E-state index contributed by atoms with van der Waals surface area (Å²) in [7, 11) is 0. The van der Waals surface area contributed by atoms with Crippen LogP contribution in [0.4, 0.5) is 0 Å². The van der Waals surface area contributed by atoms with Crippen molar-refractivity contribution in [2.45, 2.75) is 44.2 Å². The topological polar surface area (TPSA) is 42.0 Å². The van der Waals surface area contributed by atoms with Gasteiger partial charge in [-0.05, 0) is 44.1 Å². The molecule has 142 valence electrons. The van der Waals surface area contributed by atoms with E-state index in [1.807, 2.05) is 17.0 Å². The quantitative estimate of drug-likeness (QED) is 0.806. The molecule has 0 unspecified atom stereocenters. The van der Waals surface area contributed by atoms with Crippen molar-refractivity contribution in [3.8, 4) is 5.75 Å². The third-order valence-corrected chi connectivity index (χ3v) is 6.04. The van der Waals surface area contributed by atoms with Crippen LogP contribution in [0.1, 0.15) is 42.5 Å². The van der Waals surface area contributed by atoms with Crippen molar-refractivity contribution in [2.75, 3.05) is 39.4 Å². The Balaban J connectivity index is 1.31. The number of hydrogen-bond donors (Lipinski definition) is 0. The first-order chi connectivity index (χ1) is 12.7. The Hall–Kier alpha value is -1.30. The third-order valence-electron chi connectivity index (χ3n) is 5.75. The van der Waals surface area contributed by atoms with Gasteiger partial charge in [0.1, 0.15) is 11.9 Å². The van der Waals surface area contributed by atoms with Gasteiger partial charge in [0.15, 0.2) is 0 Å². The highest BCUT2D eigenvalue weighted by Gasteiger charge is 2.35. The van der Waals surface area contributed by atoms with E-state index in [-0.39, 0.29) is 12.0 Å². The van der Waals surface area contributed by atoms with Gasteiger partial charge >= 0.3 is 0 Å². The molecule has 4 rings (SSSR count). The molecule has 0 radical (unpaired) electrons. The number of ether oxygens (including phenoxy) is 2. The maximum absolute atomic E-state index is 12.5. The van der Waals surface area contributed by atoms with Gasteiger partial charge in [0, 0.05) is 37.5 Å². The highest BCUT2D eigenvalue weighted by molar-refractivity contribution is 6.32. The lowest BCUT2D eigenvalue weighted by Gasteiger charge is -2.44. The molecule has 2 saturated heterocycles. The number of hydrogen-bond acceptors (Lipinski definition) is 4. The van der Waals surface area contributed by atoms with Crippen molar-refractivity contribution >= 4 is 17.5 Å². The Morgan fingerprint density at radius 1 is 1.08 bits per heavy atom. The van der Waals surface area contributed by atoms with Crippen LogP contribution in [0.2, 0.25) is 5.02 Å². The molecular weight excluding hydrogens is 352 g/mol. The van der Waals surface area contributed by atoms with Crippen LogP contribution in [-0.2, 0) is 4.74 Å². The zero-order valence-electron chi connectivity index (χ0n) is 15.2. The monoisotopic (exact) mass is 378 g/mol. The number of likely N-dealkylation sites (tertiary alicyclic amines) is 1. The molecule has 0 aromatic heterocycles. The fourth-order valence-electron chi connectivity index (χ4n) is 4.07. The number of benzene rings is 1. The predicted molar refractivity (Wildman–Crippen MR) is 101 cm³/mol. The van der Waals surface area contributed by atoms with Crippen LogP contribution >= 0.6 is 11.6 Å². The van der Waals surface area contributed by atoms with Gasteiger partial charge in [-0.25, -0.2) is 0 Å². The van der Waals surface area contributed by atoms with Crippen LogP contribution in [0.3, 0.4) is 0 Å². The zero-order chi connectivity index (χ0) is 17.9. The number of amides is 1. The molecule has 1 aliphatic carbocycles. The summed E-state index contributed by atoms with van der Waals surface area (Å²) in [6, 6.07) is 6.06. The first-order valence-electron chi connectivity index (χ1n) is 9.78. The predicted octanol–water partition coefficient (Wildman–Crippen LogP) is 3.21. The summed E-state index contributed by atoms with van der Waals surface area (Å²) >= 11 is 6.39. The first-order valence-corrected chi connectivity index (χ1v) is 10.2. The maximum atomic E-state index is 12.5. The fourth-order valence-corrected chi connectivity index (χ4v) is 4.30. The molecule has 26 heavy (non-hydrogen) atoms. The van der Waals surface area contributed by atoms with Gasteiger partial charge in [0.2, 0.25) is 0 Å². The molecule has 5 nitrogen and oxygen atoms in total. The molecule has 3 fully saturated rings. The second-order valence-electron chi connectivity index (χ2n) is 7.51. The van der Waals surface area contributed by atoms with Crippen LogP contribution in [0.15, 0.2) is 18.2 Å². The van der Waals surface area contributed by atoms with E-state index >= 15 is 0 Å². The first kappa shape index (κ1) is 18.1. The molecular formula is C20H27ClN2O3. The molecule has 1 aromatic rings. The minimum Gasteiger partial charge on any atom is -0.489 e. The fraction of sp³-hybridized carbons (Fsp3) is 0.650. The lowest BCUT2D eigenvalue weighted by atomic mass is 9.86. The molecule has 0 atom stereocenters. The maximum Gasteiger partial charge on any atom is 0.254 e. The van der Waals surface area contributed by atoms with Gasteiger partial charge in [-0.1, -0.05) is 18.0 Å². The van der Waals surface area contributed by atoms with Gasteiger partial charge in [0.25, 0.3) is 5.91 Å². The van der Waals surface area contributed by atoms with Crippen molar-refractivity contribution in [1.82, 2.24) is 9.80 Å². The minimum atomic E-state index is 0.00977. The van der Waals surface area contributed by atoms with Crippen LogP contribution in [0.25, 0.3) is 0 Å². The van der Waals surface area contributed by atoms with Crippen LogP contribution < -0.4 is 4.74 Å². The SMILES string of the molecule is O=C(c1ccc(OC2CC(N3CCCCC3)C2)c(Cl)c1)N1CCOCC1. The van der Waals surface area contributed by atoms with E-state index in [0.717, 1.165) is 12.8 Å². The second-order valence-corrected chi connectivity index (χ2v) is 7.92. The molecule has 1 amide bonds. The highest BCUT2D eigenvalue weighted by Crippen LogP contribution is 2.34. The van der Waals surface area contributed by atoms with E-state index in [0.29, 0.717) is 48.7 Å². The Morgan fingerprint density at radius 2 is 1.81 bits per heavy atom. The molecule has 0 bridgehead atoms. The standard InChI is InChI=1S/C20H27ClN2O3/c21-18-12-15(20(24)23-8-10-25-11-9-23)4-5-19(18)26-17-13-16(14-17)22-6-2-1-3-7-22/h4-5,12,16-17H,1-3,6-11,13-14H2. The molecule has 2 aliphatic heterocycles. The van der Waals surface area contributed by atoms with Crippen LogP contribution in [0.5, 0.6) is 5.75 Å². The average molecular weight is 379 g/mol. The number of carbonyl (C=O) groups excluding carboxylic acids is 1. The van der Waals surface area contributed by atoms with E-state index < -0.39 is 0 Å². The van der Waals surface area contributed by atoms with Gasteiger partial charge < -0.3 is 19.3 Å². The summed E-state index contributed by atoms with van der Waals surface area (Å²) in [6.45, 7) is 4.93. The van der Waals surface area contributed by atoms with Crippen molar-refractivity contribution in [1.29, 1.82) is 0 Å². The van der Waals surface area contributed by atoms with Crippen LogP contribution in [-0.4, -0.2) is 67.2 Å². The summed E-state index contributed by atoms with van der Waals surface area (Å²) < 4.78 is 11.4. The van der Waals surface area contributed by atoms with Crippen molar-refractivity contribution in [3.05, 3.63) is 28.8 Å². The number of morpholine rings is 1. The number of piperidine rings is 1. The summed E-state index contributed by atoms with van der Waals surface area (Å²) in [5.41, 5.74) is 0.615. The van der Waals surface area contributed by atoms with Gasteiger partial charge in [-0.3, -0.25) is 4.79 Å². The Bertz CT molecular complexity index is 636. The van der Waals surface area contributed by atoms with Crippen molar-refractivity contribution < 1.29 is 14.3 Å². The third kappa shape index (κ3) is 4.00. The Morgan fingerprint density at radius 3 is 2.50 bits per heavy atom. The Kier molecular flexibility index (Phi) is 5.67. The normalized spacial score (nSPS) is 27.0. The lowest BCUT2D eigenvalue weighted by molar-refractivity contribution is 0.00895. The van der Waals surface area contributed by atoms with Crippen LogP contribution in [0, 0.1) is 0 Å². The van der Waals surface area contributed by atoms with E-state index in [2.05, 4.69) is 4.90 Å². The van der Waals surface area contributed by atoms with Gasteiger partial charge in [0.05, 0.1) is 18.2 Å². The second kappa shape index (κ2) is 8.15. The minimum absolute atomic E-state index is 0.00977. The smallest absolute Gasteiger partial charge is 0.254 e. The largest absolute Gasteiger partial charge is 0.489 e. The highest BCUT2D eigenvalue weighted by atomic mass is 35.5. The van der Waals surface area contributed by atoms with E-state index in [4.69, 9.17) is 21.1 Å². The van der Waals surface area contributed by atoms with E-state index in [1.165, 1.54) is 32.4 Å². The number of halogens is 1. The summed E-state index contributed by atoms with van der Waals surface area (Å²) in [6.07, 6.45) is 6.41. The average Bonchev–Trinajstić information content (AvgIpc) is 2.66. The molecule has 0 spiro atoms. The molecule has 2 heterocycles. The van der Waals surface area contributed by atoms with Crippen molar-refractivity contribution in [2.24, 2.45) is 0 Å².